The van der Waals surface area contributed by atoms with Crippen LogP contribution >= 0.6 is 11.6 Å². The van der Waals surface area contributed by atoms with E-state index in [0.717, 1.165) is 25.1 Å². The first kappa shape index (κ1) is 32.9. The molecule has 220 valence electrons. The smallest absolute Gasteiger partial charge is 0.417 e. The Morgan fingerprint density at radius 2 is 1.62 bits per heavy atom. The number of carbonyl (C=O) groups is 2. The zero-order valence-corrected chi connectivity index (χ0v) is 21.2. The van der Waals surface area contributed by atoms with Crippen LogP contribution in [0.1, 0.15) is 46.3 Å². The Morgan fingerprint density at radius 3 is 2.12 bits per heavy atom. The third kappa shape index (κ3) is 8.86. The molecule has 0 aliphatic rings. The Balaban J connectivity index is 2.43. The number of hydrogen-bond donors (Lipinski definition) is 1. The highest BCUT2D eigenvalue weighted by Gasteiger charge is 2.41. The van der Waals surface area contributed by atoms with E-state index in [4.69, 9.17) is 16.3 Å². The highest BCUT2D eigenvalue weighted by Crippen LogP contribution is 2.41. The van der Waals surface area contributed by atoms with Crippen LogP contribution in [0, 0.1) is 5.92 Å². The summed E-state index contributed by atoms with van der Waals surface area (Å²) in [7, 11) is 1.21. The Hall–Kier alpha value is -3.29. The molecular formula is C25H20ClF10NO3. The van der Waals surface area contributed by atoms with Crippen molar-refractivity contribution < 1.29 is 58.2 Å². The summed E-state index contributed by atoms with van der Waals surface area (Å²) in [5.74, 6) is -8.31. The zero-order chi connectivity index (χ0) is 30.6. The molecule has 1 N–H and O–H groups in total. The van der Waals surface area contributed by atoms with Crippen molar-refractivity contribution in [3.8, 4) is 5.75 Å². The fraction of sp³-hybridized carbons (Fsp3) is 0.360. The molecular weight excluding hydrogens is 588 g/mol. The van der Waals surface area contributed by atoms with Gasteiger partial charge in [-0.2, -0.15) is 39.5 Å². The number of nitrogens with one attached hydrogen (secondary N) is 1. The van der Waals surface area contributed by atoms with E-state index in [1.165, 1.54) is 12.4 Å². The van der Waals surface area contributed by atoms with Gasteiger partial charge in [0, 0.05) is 23.5 Å². The first-order valence-corrected chi connectivity index (χ1v) is 11.5. The van der Waals surface area contributed by atoms with Gasteiger partial charge in [0.25, 0.3) is 0 Å². The van der Waals surface area contributed by atoms with Crippen molar-refractivity contribution >= 4 is 29.1 Å². The van der Waals surface area contributed by atoms with Crippen LogP contribution in [0.4, 0.5) is 43.9 Å². The van der Waals surface area contributed by atoms with Crippen LogP contribution in [0.3, 0.4) is 0 Å². The van der Waals surface area contributed by atoms with Gasteiger partial charge in [-0.05, 0) is 29.8 Å². The van der Waals surface area contributed by atoms with Gasteiger partial charge in [0.05, 0.1) is 17.7 Å². The molecule has 0 saturated carbocycles. The van der Waals surface area contributed by atoms with Crippen molar-refractivity contribution in [2.24, 2.45) is 5.92 Å². The third-order valence-corrected chi connectivity index (χ3v) is 5.80. The molecule has 2 rings (SSSR count). The average Bonchev–Trinajstić information content (AvgIpc) is 2.83. The van der Waals surface area contributed by atoms with E-state index in [0.29, 0.717) is 12.1 Å². The number of ketones is 1. The van der Waals surface area contributed by atoms with Gasteiger partial charge in [-0.1, -0.05) is 36.7 Å². The lowest BCUT2D eigenvalue weighted by molar-refractivity contribution is -0.140. The Kier molecular flexibility index (Phi) is 10.3. The van der Waals surface area contributed by atoms with Crippen LogP contribution in [0.15, 0.2) is 42.5 Å². The standard InChI is InChI=1S/C25H20ClF10NO3/c1-12(22(39)37-11-23(28,29)30)7-20(38)15-5-3-14(8-17(15)25(34,35)36)19(27)10-16(24(31,32)33)13-4-6-21(40-2)18(26)9-13/h3-6,8-10,12,16H,7,11H2,1-2H3,(H,37,39)/b19-10-/t12-,16?/m0/s1. The lowest BCUT2D eigenvalue weighted by atomic mass is 9.92. The molecule has 1 unspecified atom stereocenters. The maximum absolute atomic E-state index is 15.0. The SMILES string of the molecule is COc1ccc(C(/C=C(\F)c2ccc(C(=O)C[C@H](C)C(=O)NCC(F)(F)F)c(C(F)(F)F)c2)C(F)(F)F)cc1Cl. The molecule has 2 atom stereocenters. The Bertz CT molecular complexity index is 1270. The summed E-state index contributed by atoms with van der Waals surface area (Å²) in [6.07, 6.45) is -16.0. The summed E-state index contributed by atoms with van der Waals surface area (Å²) in [6, 6.07) is 4.17. The Labute approximate surface area is 225 Å². The molecule has 0 spiro atoms. The molecule has 2 aromatic carbocycles. The van der Waals surface area contributed by atoms with Crippen molar-refractivity contribution in [3.63, 3.8) is 0 Å². The normalized spacial score (nSPS) is 14.5. The maximum atomic E-state index is 15.0. The molecule has 1 amide bonds. The quantitative estimate of drug-likeness (QED) is 0.233. The number of rotatable bonds is 9. The molecule has 0 saturated heterocycles. The predicted octanol–water partition coefficient (Wildman–Crippen LogP) is 7.91. The van der Waals surface area contributed by atoms with Gasteiger partial charge in [0.15, 0.2) is 5.78 Å². The number of benzene rings is 2. The molecule has 0 fully saturated rings. The van der Waals surface area contributed by atoms with Crippen molar-refractivity contribution in [3.05, 3.63) is 69.8 Å². The van der Waals surface area contributed by atoms with Gasteiger partial charge >= 0.3 is 18.5 Å². The molecule has 0 aromatic heterocycles. The maximum Gasteiger partial charge on any atom is 0.417 e. The van der Waals surface area contributed by atoms with Gasteiger partial charge in [-0.15, -0.1) is 0 Å². The molecule has 4 nitrogen and oxygen atoms in total. The van der Waals surface area contributed by atoms with E-state index < -0.39 is 83.1 Å². The van der Waals surface area contributed by atoms with Crippen LogP contribution in [0.5, 0.6) is 5.75 Å². The first-order valence-electron chi connectivity index (χ1n) is 11.1. The molecule has 2 aromatic rings. The molecule has 15 heteroatoms. The summed E-state index contributed by atoms with van der Waals surface area (Å²) in [5, 5.41) is 1.27. The third-order valence-electron chi connectivity index (χ3n) is 5.50. The number of amides is 1. The van der Waals surface area contributed by atoms with Crippen molar-refractivity contribution in [2.45, 2.75) is 37.8 Å². The number of hydrogen-bond acceptors (Lipinski definition) is 3. The fourth-order valence-corrected chi connectivity index (χ4v) is 3.78. The second-order valence-electron chi connectivity index (χ2n) is 8.55. The fourth-order valence-electron chi connectivity index (χ4n) is 3.51. The highest BCUT2D eigenvalue weighted by molar-refractivity contribution is 6.32. The number of alkyl halides is 9. The minimum atomic E-state index is -5.28. The lowest BCUT2D eigenvalue weighted by Gasteiger charge is -2.19. The molecule has 0 aliphatic carbocycles. The van der Waals surface area contributed by atoms with Crippen LogP contribution < -0.4 is 10.1 Å². The van der Waals surface area contributed by atoms with E-state index >= 15 is 0 Å². The van der Waals surface area contributed by atoms with E-state index in [1.807, 2.05) is 0 Å². The van der Waals surface area contributed by atoms with Crippen LogP contribution in [-0.4, -0.2) is 37.7 Å². The highest BCUT2D eigenvalue weighted by atomic mass is 35.5. The number of methoxy groups -OCH3 is 1. The zero-order valence-electron chi connectivity index (χ0n) is 20.5. The van der Waals surface area contributed by atoms with Crippen molar-refractivity contribution in [1.29, 1.82) is 0 Å². The summed E-state index contributed by atoms with van der Waals surface area (Å²) in [5.41, 5.74) is -4.23. The largest absolute Gasteiger partial charge is 0.495 e. The van der Waals surface area contributed by atoms with Crippen molar-refractivity contribution in [1.82, 2.24) is 5.32 Å². The van der Waals surface area contributed by atoms with Crippen LogP contribution in [0.25, 0.3) is 5.83 Å². The number of Topliss-reactive ketones (excluding diaryl/α,β-unsaturated/α-hetero) is 1. The number of allylic oxidation sites excluding steroid dienone is 1. The van der Waals surface area contributed by atoms with Gasteiger partial charge in [0.2, 0.25) is 5.91 Å². The van der Waals surface area contributed by atoms with E-state index in [9.17, 15) is 53.5 Å². The Morgan fingerprint density at radius 1 is 1.00 bits per heavy atom. The van der Waals surface area contributed by atoms with Gasteiger partial charge in [-0.25, -0.2) is 4.39 Å². The second kappa shape index (κ2) is 12.5. The van der Waals surface area contributed by atoms with E-state index in [1.54, 1.807) is 0 Å². The number of halogens is 11. The monoisotopic (exact) mass is 607 g/mol. The second-order valence-corrected chi connectivity index (χ2v) is 8.95. The summed E-state index contributed by atoms with van der Waals surface area (Å²) < 4.78 is 139. The minimum Gasteiger partial charge on any atom is -0.495 e. The average molecular weight is 608 g/mol. The number of carbonyl (C=O) groups excluding carboxylic acids is 2. The van der Waals surface area contributed by atoms with Gasteiger partial charge < -0.3 is 10.1 Å². The summed E-state index contributed by atoms with van der Waals surface area (Å²) in [6.45, 7) is -0.712. The number of ether oxygens (including phenoxy) is 1. The molecule has 40 heavy (non-hydrogen) atoms. The molecule has 0 heterocycles. The minimum absolute atomic E-state index is 0.0259. The first-order chi connectivity index (χ1) is 18.2. The van der Waals surface area contributed by atoms with Crippen molar-refractivity contribution in [2.75, 3.05) is 13.7 Å². The molecule has 0 bridgehead atoms. The van der Waals surface area contributed by atoms with E-state index in [-0.39, 0.29) is 22.9 Å². The topological polar surface area (TPSA) is 55.4 Å². The van der Waals surface area contributed by atoms with Gasteiger partial charge in [0.1, 0.15) is 24.0 Å². The van der Waals surface area contributed by atoms with Crippen LogP contribution in [-0.2, 0) is 11.0 Å². The summed E-state index contributed by atoms with van der Waals surface area (Å²) in [4.78, 5) is 24.3. The molecule has 0 radical (unpaired) electrons. The predicted molar refractivity (Wildman–Crippen MR) is 125 cm³/mol. The van der Waals surface area contributed by atoms with Crippen LogP contribution in [0.2, 0.25) is 5.02 Å². The lowest BCUT2D eigenvalue weighted by Crippen LogP contribution is -2.37. The molecule has 0 aliphatic heterocycles. The summed E-state index contributed by atoms with van der Waals surface area (Å²) >= 11 is 5.85. The van der Waals surface area contributed by atoms with Gasteiger partial charge in [-0.3, -0.25) is 9.59 Å². The van der Waals surface area contributed by atoms with E-state index in [2.05, 4.69) is 0 Å².